The molecule has 0 radical (unpaired) electrons. The lowest BCUT2D eigenvalue weighted by atomic mass is 10.1. The van der Waals surface area contributed by atoms with Crippen molar-refractivity contribution in [1.82, 2.24) is 9.97 Å². The lowest BCUT2D eigenvalue weighted by molar-refractivity contribution is 0.598. The lowest BCUT2D eigenvalue weighted by Gasteiger charge is -2.06. The van der Waals surface area contributed by atoms with Gasteiger partial charge in [-0.3, -0.25) is 0 Å². The van der Waals surface area contributed by atoms with E-state index in [0.29, 0.717) is 6.54 Å². The highest BCUT2D eigenvalue weighted by Gasteiger charge is 2.06. The number of anilines is 1. The number of thioether (sulfide) groups is 1. The number of primary sulfonamides is 1. The monoisotopic (exact) mass is 324 g/mol. The summed E-state index contributed by atoms with van der Waals surface area (Å²) < 4.78 is 22.3. The second kappa shape index (κ2) is 6.88. The number of nitrogens with one attached hydrogen (secondary N) is 1. The van der Waals surface area contributed by atoms with Gasteiger partial charge in [-0.1, -0.05) is 12.1 Å². The average Bonchev–Trinajstić information content (AvgIpc) is 2.47. The highest BCUT2D eigenvalue weighted by atomic mass is 32.2. The highest BCUT2D eigenvalue weighted by Crippen LogP contribution is 2.14. The van der Waals surface area contributed by atoms with Crippen LogP contribution in [0.5, 0.6) is 0 Å². The molecule has 1 heterocycles. The van der Waals surface area contributed by atoms with Crippen molar-refractivity contribution in [3.63, 3.8) is 0 Å². The molecule has 0 aliphatic heterocycles. The van der Waals surface area contributed by atoms with Crippen LogP contribution >= 0.6 is 11.8 Å². The van der Waals surface area contributed by atoms with Gasteiger partial charge in [0, 0.05) is 12.6 Å². The largest absolute Gasteiger partial charge is 0.370 e. The Bertz CT molecular complexity index is 702. The van der Waals surface area contributed by atoms with Crippen LogP contribution in [-0.2, 0) is 16.4 Å². The van der Waals surface area contributed by atoms with E-state index in [1.807, 2.05) is 12.3 Å². The molecule has 6 nitrogen and oxygen atoms in total. The molecule has 3 N–H and O–H groups in total. The molecule has 0 saturated heterocycles. The van der Waals surface area contributed by atoms with Gasteiger partial charge in [0.15, 0.2) is 0 Å². The normalized spacial score (nSPS) is 11.3. The summed E-state index contributed by atoms with van der Waals surface area (Å²) >= 11 is 1.56. The van der Waals surface area contributed by atoms with Crippen molar-refractivity contribution in [3.05, 3.63) is 42.2 Å². The van der Waals surface area contributed by atoms with Crippen molar-refractivity contribution >= 4 is 27.6 Å². The Morgan fingerprint density at radius 3 is 2.57 bits per heavy atom. The van der Waals surface area contributed by atoms with Crippen LogP contribution < -0.4 is 10.5 Å². The zero-order valence-electron chi connectivity index (χ0n) is 11.5. The summed E-state index contributed by atoms with van der Waals surface area (Å²) in [6, 6.07) is 8.43. The Kier molecular flexibility index (Phi) is 5.16. The minimum atomic E-state index is -3.63. The maximum Gasteiger partial charge on any atom is 0.238 e. The zero-order chi connectivity index (χ0) is 15.3. The van der Waals surface area contributed by atoms with Crippen molar-refractivity contribution in [1.29, 1.82) is 0 Å². The van der Waals surface area contributed by atoms with Crippen molar-refractivity contribution in [2.75, 3.05) is 18.1 Å². The van der Waals surface area contributed by atoms with E-state index < -0.39 is 10.0 Å². The van der Waals surface area contributed by atoms with Crippen LogP contribution in [0.15, 0.2) is 46.6 Å². The molecular formula is C13H16N4O2S2. The Balaban J connectivity index is 1.91. The summed E-state index contributed by atoms with van der Waals surface area (Å²) in [6.45, 7) is 0.694. The van der Waals surface area contributed by atoms with Gasteiger partial charge in [0.25, 0.3) is 0 Å². The lowest BCUT2D eigenvalue weighted by Crippen LogP contribution is -2.12. The first-order valence-electron chi connectivity index (χ1n) is 6.20. The van der Waals surface area contributed by atoms with E-state index in [1.54, 1.807) is 23.9 Å². The molecule has 21 heavy (non-hydrogen) atoms. The van der Waals surface area contributed by atoms with E-state index in [1.165, 1.54) is 18.5 Å². The van der Waals surface area contributed by atoms with Gasteiger partial charge in [-0.2, -0.15) is 0 Å². The highest BCUT2D eigenvalue weighted by molar-refractivity contribution is 7.98. The van der Waals surface area contributed by atoms with E-state index in [4.69, 9.17) is 5.14 Å². The van der Waals surface area contributed by atoms with E-state index in [0.717, 1.165) is 22.8 Å². The topological polar surface area (TPSA) is 98.0 Å². The molecule has 0 fully saturated rings. The molecule has 2 aromatic rings. The second-order valence-electron chi connectivity index (χ2n) is 4.31. The van der Waals surface area contributed by atoms with Gasteiger partial charge in [-0.05, 0) is 30.4 Å². The molecule has 0 amide bonds. The number of rotatable bonds is 6. The van der Waals surface area contributed by atoms with Crippen molar-refractivity contribution in [2.45, 2.75) is 16.3 Å². The maximum atomic E-state index is 11.2. The average molecular weight is 324 g/mol. The van der Waals surface area contributed by atoms with Crippen LogP contribution in [0.3, 0.4) is 0 Å². The fourth-order valence-corrected chi connectivity index (χ4v) is 2.63. The molecule has 0 aliphatic carbocycles. The maximum absolute atomic E-state index is 11.2. The quantitative estimate of drug-likeness (QED) is 0.617. The molecule has 2 rings (SSSR count). The summed E-state index contributed by atoms with van der Waals surface area (Å²) in [7, 11) is -3.63. The van der Waals surface area contributed by atoms with Crippen LogP contribution in [0.1, 0.15) is 5.56 Å². The number of nitrogens with two attached hydrogens (primary N) is 1. The van der Waals surface area contributed by atoms with Crippen LogP contribution in [0.25, 0.3) is 0 Å². The summed E-state index contributed by atoms with van der Waals surface area (Å²) in [5, 5.41) is 9.17. The molecule has 1 aromatic heterocycles. The number of benzene rings is 1. The third kappa shape index (κ3) is 4.69. The fraction of sp³-hybridized carbons (Fsp3) is 0.231. The van der Waals surface area contributed by atoms with Crippen LogP contribution in [0.4, 0.5) is 5.82 Å². The SMILES string of the molecule is CSc1cc(NCCc2ccc(S(N)(=O)=O)cc2)ncn1. The summed E-state index contributed by atoms with van der Waals surface area (Å²) in [6.07, 6.45) is 4.23. The van der Waals surface area contributed by atoms with Crippen LogP contribution in [0.2, 0.25) is 0 Å². The Morgan fingerprint density at radius 2 is 1.95 bits per heavy atom. The Morgan fingerprint density at radius 1 is 1.24 bits per heavy atom. The van der Waals surface area contributed by atoms with Gasteiger partial charge in [-0.15, -0.1) is 11.8 Å². The van der Waals surface area contributed by atoms with E-state index in [-0.39, 0.29) is 4.90 Å². The number of hydrogen-bond acceptors (Lipinski definition) is 6. The van der Waals surface area contributed by atoms with E-state index in [2.05, 4.69) is 15.3 Å². The zero-order valence-corrected chi connectivity index (χ0v) is 13.1. The predicted molar refractivity (Wildman–Crippen MR) is 83.8 cm³/mol. The van der Waals surface area contributed by atoms with Gasteiger partial charge in [-0.25, -0.2) is 23.5 Å². The molecule has 0 atom stereocenters. The first kappa shape index (κ1) is 15.7. The van der Waals surface area contributed by atoms with Gasteiger partial charge >= 0.3 is 0 Å². The molecule has 8 heteroatoms. The first-order valence-corrected chi connectivity index (χ1v) is 8.98. The minimum Gasteiger partial charge on any atom is -0.370 e. The molecule has 0 bridgehead atoms. The first-order chi connectivity index (χ1) is 9.99. The molecule has 0 unspecified atom stereocenters. The van der Waals surface area contributed by atoms with Crippen molar-refractivity contribution < 1.29 is 8.42 Å². The van der Waals surface area contributed by atoms with Crippen LogP contribution in [-0.4, -0.2) is 31.2 Å². The minimum absolute atomic E-state index is 0.125. The molecule has 1 aromatic carbocycles. The smallest absolute Gasteiger partial charge is 0.238 e. The van der Waals surface area contributed by atoms with Crippen molar-refractivity contribution in [2.24, 2.45) is 5.14 Å². The van der Waals surface area contributed by atoms with Gasteiger partial charge in [0.1, 0.15) is 17.2 Å². The van der Waals surface area contributed by atoms with Crippen LogP contribution in [0, 0.1) is 0 Å². The van der Waals surface area contributed by atoms with E-state index >= 15 is 0 Å². The summed E-state index contributed by atoms with van der Waals surface area (Å²) in [4.78, 5) is 8.36. The summed E-state index contributed by atoms with van der Waals surface area (Å²) in [5.41, 5.74) is 1.02. The second-order valence-corrected chi connectivity index (χ2v) is 6.70. The molecule has 0 saturated carbocycles. The van der Waals surface area contributed by atoms with Gasteiger partial charge in [0.2, 0.25) is 10.0 Å². The Labute approximate surface area is 128 Å². The molecule has 0 aliphatic rings. The number of hydrogen-bond donors (Lipinski definition) is 2. The molecule has 0 spiro atoms. The number of nitrogens with zero attached hydrogens (tertiary/aromatic N) is 2. The third-order valence-corrected chi connectivity index (χ3v) is 4.39. The fourth-order valence-electron chi connectivity index (χ4n) is 1.73. The molecule has 112 valence electrons. The number of aromatic nitrogens is 2. The van der Waals surface area contributed by atoms with E-state index in [9.17, 15) is 8.42 Å². The van der Waals surface area contributed by atoms with Gasteiger partial charge in [0.05, 0.1) is 4.90 Å². The predicted octanol–water partition coefficient (Wildman–Crippen LogP) is 1.50. The van der Waals surface area contributed by atoms with Crippen molar-refractivity contribution in [3.8, 4) is 0 Å². The van der Waals surface area contributed by atoms with Gasteiger partial charge < -0.3 is 5.32 Å². The standard InChI is InChI=1S/C13H16N4O2S2/c1-20-13-8-12(16-9-17-13)15-7-6-10-2-4-11(5-3-10)21(14,18)19/h2-5,8-9H,6-7H2,1H3,(H2,14,18,19)(H,15,16,17). The molecular weight excluding hydrogens is 308 g/mol. The number of sulfonamides is 1. The summed E-state index contributed by atoms with van der Waals surface area (Å²) in [5.74, 6) is 0.774. The Hall–Kier alpha value is -1.64. The third-order valence-electron chi connectivity index (χ3n) is 2.82.